The summed E-state index contributed by atoms with van der Waals surface area (Å²) in [7, 11) is 0. The number of rotatable bonds is 6. The molecule has 0 aliphatic heterocycles. The van der Waals surface area contributed by atoms with Crippen molar-refractivity contribution in [2.45, 2.75) is 43.9 Å². The van der Waals surface area contributed by atoms with Crippen LogP contribution in [0.1, 0.15) is 31.7 Å². The Morgan fingerprint density at radius 2 is 1.75 bits per heavy atom. The van der Waals surface area contributed by atoms with E-state index >= 15 is 0 Å². The molecule has 1 saturated carbocycles. The Kier molecular flexibility index (Phi) is 5.57. The van der Waals surface area contributed by atoms with Gasteiger partial charge in [-0.15, -0.1) is 5.10 Å². The molecule has 3 N–H and O–H groups in total. The molecule has 36 heavy (non-hydrogen) atoms. The third-order valence-electron chi connectivity index (χ3n) is 6.91. The van der Waals surface area contributed by atoms with Gasteiger partial charge in [0.25, 0.3) is 0 Å². The smallest absolute Gasteiger partial charge is 0.146 e. The summed E-state index contributed by atoms with van der Waals surface area (Å²) in [5.74, 6) is 1.99. The highest BCUT2D eigenvalue weighted by atomic mass is 16.5. The molecule has 0 bridgehead atoms. The molecule has 6 rings (SSSR count). The van der Waals surface area contributed by atoms with Crippen molar-refractivity contribution in [3.8, 4) is 22.6 Å². The van der Waals surface area contributed by atoms with E-state index in [0.717, 1.165) is 46.5 Å². The van der Waals surface area contributed by atoms with Gasteiger partial charge in [0.05, 0.1) is 17.5 Å². The van der Waals surface area contributed by atoms with Crippen LogP contribution in [-0.4, -0.2) is 45.4 Å². The van der Waals surface area contributed by atoms with Gasteiger partial charge in [-0.3, -0.25) is 0 Å². The van der Waals surface area contributed by atoms with Crippen LogP contribution in [0.5, 0.6) is 11.5 Å². The Labute approximate surface area is 207 Å². The monoisotopic (exact) mass is 482 g/mol. The summed E-state index contributed by atoms with van der Waals surface area (Å²) in [6.45, 7) is 0.386. The third-order valence-corrected chi connectivity index (χ3v) is 6.91. The maximum absolute atomic E-state index is 11.1. The minimum absolute atomic E-state index is 0.186. The van der Waals surface area contributed by atoms with Crippen LogP contribution < -0.4 is 10.5 Å². The molecule has 0 spiro atoms. The topological polar surface area (TPSA) is 130 Å². The van der Waals surface area contributed by atoms with Gasteiger partial charge in [0, 0.05) is 17.8 Å². The normalized spacial score (nSPS) is 20.0. The lowest BCUT2D eigenvalue weighted by atomic mass is 9.82. The van der Waals surface area contributed by atoms with Gasteiger partial charge in [0.2, 0.25) is 0 Å². The van der Waals surface area contributed by atoms with Crippen LogP contribution >= 0.6 is 0 Å². The number of aliphatic hydroxyl groups is 1. The average molecular weight is 483 g/mol. The number of aromatic nitrogens is 7. The first kappa shape index (κ1) is 22.2. The molecule has 2 aromatic carbocycles. The zero-order valence-electron chi connectivity index (χ0n) is 19.6. The number of nitrogens with zero attached hydrogens (tertiary/aromatic N) is 7. The van der Waals surface area contributed by atoms with E-state index in [4.69, 9.17) is 10.5 Å². The van der Waals surface area contributed by atoms with E-state index in [2.05, 4.69) is 36.3 Å². The van der Waals surface area contributed by atoms with E-state index in [1.807, 2.05) is 54.6 Å². The molecule has 182 valence electrons. The van der Waals surface area contributed by atoms with E-state index in [1.54, 1.807) is 4.68 Å². The van der Waals surface area contributed by atoms with Crippen molar-refractivity contribution in [3.05, 3.63) is 73.4 Å². The van der Waals surface area contributed by atoms with Gasteiger partial charge < -0.3 is 20.1 Å². The van der Waals surface area contributed by atoms with Gasteiger partial charge in [0.15, 0.2) is 0 Å². The van der Waals surface area contributed by atoms with E-state index in [9.17, 15) is 5.11 Å². The SMILES string of the molecule is Nc1ncnc2c1c(-c1ccc(Oc3ccccc3)cc1)cn2C1CCC(O)(Cn2cnnn2)CC1. The molecule has 3 aromatic heterocycles. The van der Waals surface area contributed by atoms with Gasteiger partial charge >= 0.3 is 0 Å². The summed E-state index contributed by atoms with van der Waals surface area (Å²) >= 11 is 0. The molecule has 0 unspecified atom stereocenters. The van der Waals surface area contributed by atoms with Crippen LogP contribution in [0.15, 0.2) is 73.4 Å². The van der Waals surface area contributed by atoms with Crippen LogP contribution in [0.3, 0.4) is 0 Å². The maximum atomic E-state index is 11.1. The number of hydrogen-bond acceptors (Lipinski definition) is 8. The van der Waals surface area contributed by atoms with Gasteiger partial charge in [-0.1, -0.05) is 30.3 Å². The van der Waals surface area contributed by atoms with E-state index < -0.39 is 5.60 Å². The Morgan fingerprint density at radius 1 is 1.00 bits per heavy atom. The molecule has 1 fully saturated rings. The highest BCUT2D eigenvalue weighted by molar-refractivity contribution is 6.00. The zero-order chi connectivity index (χ0) is 24.5. The zero-order valence-corrected chi connectivity index (χ0v) is 19.6. The minimum atomic E-state index is -0.833. The summed E-state index contributed by atoms with van der Waals surface area (Å²) < 4.78 is 9.72. The summed E-state index contributed by atoms with van der Waals surface area (Å²) in [6, 6.07) is 17.8. The average Bonchev–Trinajstić information content (AvgIpc) is 3.54. The summed E-state index contributed by atoms with van der Waals surface area (Å²) in [4.78, 5) is 8.85. The number of ether oxygens (including phenoxy) is 1. The summed E-state index contributed by atoms with van der Waals surface area (Å²) in [6.07, 6.45) is 8.03. The number of benzene rings is 2. The fraction of sp³-hybridized carbons (Fsp3) is 0.269. The molecule has 0 atom stereocenters. The van der Waals surface area contributed by atoms with Crippen molar-refractivity contribution in [2.75, 3.05) is 5.73 Å². The van der Waals surface area contributed by atoms with Crippen molar-refractivity contribution in [2.24, 2.45) is 0 Å². The predicted octanol–water partition coefficient (Wildman–Crippen LogP) is 4.01. The molecular weight excluding hydrogens is 456 g/mol. The Hall–Kier alpha value is -4.31. The van der Waals surface area contributed by atoms with Gasteiger partial charge in [-0.25, -0.2) is 14.6 Å². The Bertz CT molecular complexity index is 1460. The third kappa shape index (κ3) is 4.27. The van der Waals surface area contributed by atoms with Gasteiger partial charge in [0.1, 0.15) is 35.6 Å². The molecule has 3 heterocycles. The standard InChI is InChI=1S/C26H26N8O2/c27-24-23-22(18-6-8-21(9-7-18)36-20-4-2-1-3-5-20)14-34(25(23)29-16-28-24)19-10-12-26(35,13-11-19)15-33-17-30-31-32-33/h1-9,14,16-17,19,35H,10-13,15H2,(H2,27,28,29). The van der Waals surface area contributed by atoms with Crippen molar-refractivity contribution in [1.29, 1.82) is 0 Å². The highest BCUT2D eigenvalue weighted by Crippen LogP contribution is 2.41. The van der Waals surface area contributed by atoms with Crippen LogP contribution in [0.2, 0.25) is 0 Å². The number of tetrazole rings is 1. The van der Waals surface area contributed by atoms with Crippen molar-refractivity contribution in [3.63, 3.8) is 0 Å². The number of hydrogen-bond donors (Lipinski definition) is 2. The lowest BCUT2D eigenvalue weighted by Gasteiger charge is -2.36. The highest BCUT2D eigenvalue weighted by Gasteiger charge is 2.35. The Morgan fingerprint density at radius 3 is 2.47 bits per heavy atom. The van der Waals surface area contributed by atoms with Crippen molar-refractivity contribution >= 4 is 16.9 Å². The molecule has 10 nitrogen and oxygen atoms in total. The first-order valence-electron chi connectivity index (χ1n) is 12.0. The molecule has 10 heteroatoms. The maximum Gasteiger partial charge on any atom is 0.146 e. The largest absolute Gasteiger partial charge is 0.457 e. The van der Waals surface area contributed by atoms with E-state index in [0.29, 0.717) is 25.2 Å². The Balaban J connectivity index is 1.27. The first-order chi connectivity index (χ1) is 17.6. The van der Waals surface area contributed by atoms with Crippen LogP contribution in [0.25, 0.3) is 22.2 Å². The second-order valence-corrected chi connectivity index (χ2v) is 9.31. The van der Waals surface area contributed by atoms with E-state index in [1.165, 1.54) is 12.7 Å². The number of nitrogens with two attached hydrogens (primary N) is 1. The number of fused-ring (bicyclic) bond motifs is 1. The second kappa shape index (κ2) is 9.04. The lowest BCUT2D eigenvalue weighted by Crippen LogP contribution is -2.39. The molecule has 1 aliphatic carbocycles. The number of para-hydroxylation sites is 1. The van der Waals surface area contributed by atoms with Crippen molar-refractivity contribution in [1.82, 2.24) is 34.7 Å². The molecule has 0 radical (unpaired) electrons. The fourth-order valence-corrected chi connectivity index (χ4v) is 5.06. The molecule has 0 amide bonds. The van der Waals surface area contributed by atoms with Gasteiger partial charge in [-0.2, -0.15) is 0 Å². The number of nitrogen functional groups attached to an aromatic ring is 1. The molecule has 5 aromatic rings. The van der Waals surface area contributed by atoms with Crippen LogP contribution in [-0.2, 0) is 6.54 Å². The van der Waals surface area contributed by atoms with Crippen molar-refractivity contribution < 1.29 is 9.84 Å². The second-order valence-electron chi connectivity index (χ2n) is 9.31. The summed E-state index contributed by atoms with van der Waals surface area (Å²) in [5, 5.41) is 23.2. The quantitative estimate of drug-likeness (QED) is 0.371. The summed E-state index contributed by atoms with van der Waals surface area (Å²) in [5.41, 5.74) is 8.29. The van der Waals surface area contributed by atoms with Gasteiger partial charge in [-0.05, 0) is 65.9 Å². The van der Waals surface area contributed by atoms with Crippen LogP contribution in [0, 0.1) is 0 Å². The van der Waals surface area contributed by atoms with Crippen LogP contribution in [0.4, 0.5) is 5.82 Å². The molecule has 1 aliphatic rings. The van der Waals surface area contributed by atoms with E-state index in [-0.39, 0.29) is 6.04 Å². The fourth-order valence-electron chi connectivity index (χ4n) is 5.06. The number of anilines is 1. The molecular formula is C26H26N8O2. The predicted molar refractivity (Wildman–Crippen MR) is 134 cm³/mol. The first-order valence-corrected chi connectivity index (χ1v) is 12.0. The minimum Gasteiger partial charge on any atom is -0.457 e. The molecule has 0 saturated heterocycles. The lowest BCUT2D eigenvalue weighted by molar-refractivity contribution is -0.0246.